The van der Waals surface area contributed by atoms with Crippen molar-refractivity contribution in [2.24, 2.45) is 0 Å². The summed E-state index contributed by atoms with van der Waals surface area (Å²) in [7, 11) is 0. The lowest BCUT2D eigenvalue weighted by atomic mass is 9.89. The predicted octanol–water partition coefficient (Wildman–Crippen LogP) is 9.04. The van der Waals surface area contributed by atoms with Gasteiger partial charge in [0.05, 0.1) is 5.69 Å². The molecule has 0 saturated carbocycles. The third-order valence-electron chi connectivity index (χ3n) is 7.07. The number of furan rings is 1. The van der Waals surface area contributed by atoms with E-state index in [2.05, 4.69) is 86.6 Å². The average Bonchev–Trinajstić information content (AvgIpc) is 3.14. The van der Waals surface area contributed by atoms with E-state index in [0.717, 1.165) is 39.5 Å². The maximum Gasteiger partial charge on any atom is 0.140 e. The summed E-state index contributed by atoms with van der Waals surface area (Å²) in [6.45, 7) is 4.18. The summed E-state index contributed by atoms with van der Waals surface area (Å²) in [5.41, 5.74) is 7.79. The van der Waals surface area contributed by atoms with Gasteiger partial charge in [-0.05, 0) is 49.2 Å². The molecule has 3 nitrogen and oxygen atoms in total. The lowest BCUT2D eigenvalue weighted by molar-refractivity contribution is 0.0260. The number of nitrogens with zero attached hydrogens (tertiary/aromatic N) is 1. The second kappa shape index (κ2) is 9.93. The quantitative estimate of drug-likeness (QED) is 0.243. The summed E-state index contributed by atoms with van der Waals surface area (Å²) in [5, 5.41) is 2.74. The molecule has 0 N–H and O–H groups in total. The number of rotatable bonds is 4. The van der Waals surface area contributed by atoms with Crippen molar-refractivity contribution < 1.29 is 9.25 Å². The highest BCUT2D eigenvalue weighted by molar-refractivity contribution is 6.30. The number of hydrogen-bond acceptors (Lipinski definition) is 3. The van der Waals surface area contributed by atoms with Gasteiger partial charge in [-0.2, -0.15) is 0 Å². The third-order valence-corrected chi connectivity index (χ3v) is 7.32. The van der Waals surface area contributed by atoms with E-state index in [0.29, 0.717) is 11.4 Å². The number of anilines is 1. The van der Waals surface area contributed by atoms with Gasteiger partial charge in [0.15, 0.2) is 0 Å². The molecular weight excluding hydrogens is 478 g/mol. The topological polar surface area (TPSA) is 25.6 Å². The van der Waals surface area contributed by atoms with Crippen LogP contribution < -0.4 is 5.06 Å². The zero-order valence-electron chi connectivity index (χ0n) is 20.9. The molecule has 0 saturated heterocycles. The van der Waals surface area contributed by atoms with Gasteiger partial charge < -0.3 is 4.42 Å². The van der Waals surface area contributed by atoms with E-state index < -0.39 is 0 Å². The average molecular weight is 506 g/mol. The molecule has 1 aliphatic heterocycles. The standard InChI is InChI=1S/C33H28ClNO2/c1-22-13-15-25(16-14-22)32-31-29(23(2)36-33(31)26-11-7-4-8-12-26)21-30(24-9-5-3-6-10-24)37-35(32)28-19-17-27(34)18-20-28/h3-20,30,32H,21H2,1-2H3/t30-,32-/m1/s1. The molecule has 2 atom stereocenters. The minimum atomic E-state index is -0.224. The Kier molecular flexibility index (Phi) is 6.33. The Bertz CT molecular complexity index is 1490. The first-order valence-electron chi connectivity index (χ1n) is 12.6. The molecule has 1 aromatic heterocycles. The summed E-state index contributed by atoms with van der Waals surface area (Å²) in [6, 6.07) is 37.1. The second-order valence-electron chi connectivity index (χ2n) is 9.57. The molecule has 0 aliphatic carbocycles. The summed E-state index contributed by atoms with van der Waals surface area (Å²) in [6.07, 6.45) is 0.513. The van der Waals surface area contributed by atoms with E-state index in [1.165, 1.54) is 11.1 Å². The van der Waals surface area contributed by atoms with Crippen LogP contribution in [-0.4, -0.2) is 0 Å². The van der Waals surface area contributed by atoms with Crippen LogP contribution in [0.1, 0.15) is 45.7 Å². The maximum atomic E-state index is 6.96. The molecule has 184 valence electrons. The Morgan fingerprint density at radius 1 is 0.730 bits per heavy atom. The first-order chi connectivity index (χ1) is 18.1. The molecule has 5 aromatic rings. The lowest BCUT2D eigenvalue weighted by Crippen LogP contribution is -2.30. The Labute approximate surface area is 222 Å². The molecule has 1 aliphatic rings. The molecule has 0 radical (unpaired) electrons. The largest absolute Gasteiger partial charge is 0.461 e. The monoisotopic (exact) mass is 505 g/mol. The summed E-state index contributed by atoms with van der Waals surface area (Å²) in [4.78, 5) is 6.96. The zero-order valence-corrected chi connectivity index (χ0v) is 21.7. The fourth-order valence-corrected chi connectivity index (χ4v) is 5.30. The number of benzene rings is 4. The van der Waals surface area contributed by atoms with Gasteiger partial charge in [-0.15, -0.1) is 0 Å². The van der Waals surface area contributed by atoms with Crippen molar-refractivity contribution in [3.63, 3.8) is 0 Å². The van der Waals surface area contributed by atoms with Crippen molar-refractivity contribution in [1.29, 1.82) is 0 Å². The van der Waals surface area contributed by atoms with E-state index in [1.807, 2.05) is 41.5 Å². The SMILES string of the molecule is Cc1ccc([C@@H]2c3c(-c4ccccc4)oc(C)c3C[C@H](c3ccccc3)ON2c2ccc(Cl)cc2)cc1. The van der Waals surface area contributed by atoms with Gasteiger partial charge >= 0.3 is 0 Å². The summed E-state index contributed by atoms with van der Waals surface area (Å²) < 4.78 is 6.57. The van der Waals surface area contributed by atoms with Crippen LogP contribution >= 0.6 is 11.6 Å². The van der Waals surface area contributed by atoms with Crippen LogP contribution in [0.4, 0.5) is 5.69 Å². The van der Waals surface area contributed by atoms with Crippen molar-refractivity contribution in [3.8, 4) is 11.3 Å². The van der Waals surface area contributed by atoms with Crippen molar-refractivity contribution in [1.82, 2.24) is 0 Å². The number of aryl methyl sites for hydroxylation is 2. The van der Waals surface area contributed by atoms with Gasteiger partial charge in [-0.1, -0.05) is 102 Å². The molecule has 4 aromatic carbocycles. The Hall–Kier alpha value is -3.79. The molecule has 0 amide bonds. The Balaban J connectivity index is 1.63. The van der Waals surface area contributed by atoms with E-state index in [4.69, 9.17) is 20.9 Å². The molecule has 0 fully saturated rings. The summed E-state index contributed by atoms with van der Waals surface area (Å²) >= 11 is 6.29. The molecule has 0 spiro atoms. The highest BCUT2D eigenvalue weighted by atomic mass is 35.5. The molecule has 6 rings (SSSR count). The highest BCUT2D eigenvalue weighted by Gasteiger charge is 2.38. The maximum absolute atomic E-state index is 6.96. The number of halogens is 1. The smallest absolute Gasteiger partial charge is 0.140 e. The number of fused-ring (bicyclic) bond motifs is 1. The van der Waals surface area contributed by atoms with Crippen LogP contribution in [-0.2, 0) is 11.3 Å². The van der Waals surface area contributed by atoms with Gasteiger partial charge in [-0.3, -0.25) is 4.84 Å². The highest BCUT2D eigenvalue weighted by Crippen LogP contribution is 2.48. The van der Waals surface area contributed by atoms with Crippen LogP contribution in [0.25, 0.3) is 11.3 Å². The van der Waals surface area contributed by atoms with Crippen molar-refractivity contribution in [3.05, 3.63) is 148 Å². The van der Waals surface area contributed by atoms with E-state index in [9.17, 15) is 0 Å². The minimum Gasteiger partial charge on any atom is -0.461 e. The molecule has 37 heavy (non-hydrogen) atoms. The molecule has 0 bridgehead atoms. The van der Waals surface area contributed by atoms with E-state index in [-0.39, 0.29) is 12.1 Å². The van der Waals surface area contributed by atoms with E-state index >= 15 is 0 Å². The van der Waals surface area contributed by atoms with Gasteiger partial charge in [0, 0.05) is 28.1 Å². The Morgan fingerprint density at radius 3 is 2.05 bits per heavy atom. The van der Waals surface area contributed by atoms with Gasteiger partial charge in [0.2, 0.25) is 0 Å². The van der Waals surface area contributed by atoms with E-state index in [1.54, 1.807) is 0 Å². The first kappa shape index (κ1) is 23.6. The molecule has 4 heteroatoms. The molecule has 0 unspecified atom stereocenters. The van der Waals surface area contributed by atoms with Crippen LogP contribution in [0.5, 0.6) is 0 Å². The predicted molar refractivity (Wildman–Crippen MR) is 150 cm³/mol. The second-order valence-corrected chi connectivity index (χ2v) is 10.0. The first-order valence-corrected chi connectivity index (χ1v) is 13.0. The van der Waals surface area contributed by atoms with Crippen molar-refractivity contribution >= 4 is 17.3 Å². The fourth-order valence-electron chi connectivity index (χ4n) is 5.18. The van der Waals surface area contributed by atoms with Gasteiger partial charge in [0.1, 0.15) is 23.7 Å². The number of hydrogen-bond donors (Lipinski definition) is 0. The lowest BCUT2D eigenvalue weighted by Gasteiger charge is -2.34. The van der Waals surface area contributed by atoms with Crippen LogP contribution in [0.2, 0.25) is 5.02 Å². The zero-order chi connectivity index (χ0) is 25.4. The summed E-state index contributed by atoms with van der Waals surface area (Å²) in [5.74, 6) is 1.81. The van der Waals surface area contributed by atoms with Crippen LogP contribution in [0.3, 0.4) is 0 Å². The normalized spacial score (nSPS) is 17.3. The third kappa shape index (κ3) is 4.57. The van der Waals surface area contributed by atoms with Gasteiger partial charge in [-0.25, -0.2) is 5.06 Å². The van der Waals surface area contributed by atoms with Gasteiger partial charge in [0.25, 0.3) is 0 Å². The fraction of sp³-hybridized carbons (Fsp3) is 0.152. The minimum absolute atomic E-state index is 0.189. The molecule has 2 heterocycles. The van der Waals surface area contributed by atoms with Crippen LogP contribution in [0.15, 0.2) is 114 Å². The number of hydroxylamine groups is 1. The molecular formula is C33H28ClNO2. The van der Waals surface area contributed by atoms with Crippen LogP contribution in [0, 0.1) is 13.8 Å². The van der Waals surface area contributed by atoms with Crippen molar-refractivity contribution in [2.75, 3.05) is 5.06 Å². The Morgan fingerprint density at radius 2 is 1.38 bits per heavy atom. The van der Waals surface area contributed by atoms with Crippen molar-refractivity contribution in [2.45, 2.75) is 32.4 Å².